The number of Topliss-reactive ketones (excluding diaryl/α,β-unsaturated/α-hetero) is 1. The Labute approximate surface area is 188 Å². The van der Waals surface area contributed by atoms with Crippen molar-refractivity contribution in [1.29, 1.82) is 0 Å². The second-order valence-corrected chi connectivity index (χ2v) is 8.54. The fraction of sp³-hybridized carbons (Fsp3) is 0.120. The summed E-state index contributed by atoms with van der Waals surface area (Å²) < 4.78 is 3.49. The number of para-hydroxylation sites is 2. The molecule has 0 aliphatic heterocycles. The molecule has 0 saturated carbocycles. The van der Waals surface area contributed by atoms with E-state index in [0.29, 0.717) is 21.9 Å². The minimum Gasteiger partial charge on any atom is -0.293 e. The SMILES string of the molecule is Cc1cccc(C)c1-n1c(=O)c2ccccc2n2c(SCC(=O)c3ccccc3)nnc12. The molecular formula is C25H20N4O2S. The Bertz CT molecular complexity index is 1520. The van der Waals surface area contributed by atoms with Crippen molar-refractivity contribution in [2.45, 2.75) is 19.0 Å². The van der Waals surface area contributed by atoms with Crippen LogP contribution in [0.15, 0.2) is 82.7 Å². The fourth-order valence-electron chi connectivity index (χ4n) is 3.97. The third-order valence-corrected chi connectivity index (χ3v) is 6.41. The average Bonchev–Trinajstić information content (AvgIpc) is 3.24. The van der Waals surface area contributed by atoms with Crippen LogP contribution in [0, 0.1) is 13.8 Å². The first-order valence-corrected chi connectivity index (χ1v) is 11.2. The first-order chi connectivity index (χ1) is 15.6. The molecule has 32 heavy (non-hydrogen) atoms. The van der Waals surface area contributed by atoms with Crippen LogP contribution in [0.4, 0.5) is 0 Å². The van der Waals surface area contributed by atoms with Gasteiger partial charge in [0.2, 0.25) is 5.78 Å². The zero-order valence-corrected chi connectivity index (χ0v) is 18.5. The van der Waals surface area contributed by atoms with Crippen molar-refractivity contribution < 1.29 is 4.79 Å². The summed E-state index contributed by atoms with van der Waals surface area (Å²) in [6.45, 7) is 3.95. The van der Waals surface area contributed by atoms with Gasteiger partial charge < -0.3 is 0 Å². The Morgan fingerprint density at radius 3 is 2.31 bits per heavy atom. The highest BCUT2D eigenvalue weighted by Crippen LogP contribution is 2.26. The summed E-state index contributed by atoms with van der Waals surface area (Å²) in [5, 5.41) is 9.88. The molecule has 0 aliphatic carbocycles. The Hall–Kier alpha value is -3.71. The number of nitrogens with zero attached hydrogens (tertiary/aromatic N) is 4. The summed E-state index contributed by atoms with van der Waals surface area (Å²) in [6.07, 6.45) is 0. The van der Waals surface area contributed by atoms with E-state index in [1.165, 1.54) is 11.8 Å². The highest BCUT2D eigenvalue weighted by Gasteiger charge is 2.20. The van der Waals surface area contributed by atoms with Gasteiger partial charge >= 0.3 is 0 Å². The maximum atomic E-state index is 13.5. The molecule has 0 saturated heterocycles. The molecule has 7 heteroatoms. The van der Waals surface area contributed by atoms with Gasteiger partial charge in [-0.1, -0.05) is 72.4 Å². The van der Waals surface area contributed by atoms with E-state index in [-0.39, 0.29) is 17.1 Å². The molecular weight excluding hydrogens is 420 g/mol. The molecule has 6 nitrogen and oxygen atoms in total. The first-order valence-electron chi connectivity index (χ1n) is 10.2. The van der Waals surface area contributed by atoms with Gasteiger partial charge in [0.25, 0.3) is 5.56 Å². The van der Waals surface area contributed by atoms with Crippen molar-refractivity contribution in [3.8, 4) is 5.69 Å². The van der Waals surface area contributed by atoms with Crippen molar-refractivity contribution in [1.82, 2.24) is 19.2 Å². The Morgan fingerprint density at radius 2 is 1.56 bits per heavy atom. The van der Waals surface area contributed by atoms with E-state index in [1.54, 1.807) is 16.7 Å². The molecule has 5 rings (SSSR count). The zero-order valence-electron chi connectivity index (χ0n) is 17.6. The van der Waals surface area contributed by atoms with Crippen LogP contribution < -0.4 is 5.56 Å². The molecule has 2 heterocycles. The largest absolute Gasteiger partial charge is 0.293 e. The van der Waals surface area contributed by atoms with Gasteiger partial charge in [0.1, 0.15) is 0 Å². The first kappa shape index (κ1) is 20.2. The normalized spacial score (nSPS) is 11.3. The van der Waals surface area contributed by atoms with Crippen LogP contribution >= 0.6 is 11.8 Å². The van der Waals surface area contributed by atoms with E-state index < -0.39 is 0 Å². The van der Waals surface area contributed by atoms with Crippen LogP contribution in [0.2, 0.25) is 0 Å². The molecule has 0 N–H and O–H groups in total. The number of fused-ring (bicyclic) bond motifs is 3. The Balaban J connectivity index is 1.70. The lowest BCUT2D eigenvalue weighted by Crippen LogP contribution is -2.23. The number of carbonyl (C=O) groups excluding carboxylic acids is 1. The van der Waals surface area contributed by atoms with Crippen molar-refractivity contribution in [3.05, 3.63) is 99.8 Å². The third-order valence-electron chi connectivity index (χ3n) is 5.49. The zero-order chi connectivity index (χ0) is 22.2. The summed E-state index contributed by atoms with van der Waals surface area (Å²) in [5.41, 5.74) is 3.98. The minimum absolute atomic E-state index is 0.0136. The molecule has 0 atom stereocenters. The summed E-state index contributed by atoms with van der Waals surface area (Å²) in [6, 6.07) is 22.5. The molecule has 3 aromatic carbocycles. The molecule has 0 unspecified atom stereocenters. The Morgan fingerprint density at radius 1 is 0.875 bits per heavy atom. The van der Waals surface area contributed by atoms with E-state index in [1.807, 2.05) is 78.9 Å². The van der Waals surface area contributed by atoms with Gasteiger partial charge in [-0.3, -0.25) is 14.0 Å². The van der Waals surface area contributed by atoms with Gasteiger partial charge in [0.15, 0.2) is 10.9 Å². The smallest absolute Gasteiger partial charge is 0.267 e. The molecule has 0 aliphatic rings. The Kier molecular flexibility index (Phi) is 5.11. The van der Waals surface area contributed by atoms with E-state index in [2.05, 4.69) is 10.2 Å². The maximum Gasteiger partial charge on any atom is 0.267 e. The molecule has 2 aromatic heterocycles. The molecule has 0 spiro atoms. The molecule has 0 amide bonds. The number of carbonyl (C=O) groups is 1. The van der Waals surface area contributed by atoms with Gasteiger partial charge in [-0.05, 0) is 37.1 Å². The van der Waals surface area contributed by atoms with Gasteiger partial charge in [0.05, 0.1) is 22.3 Å². The number of hydrogen-bond donors (Lipinski definition) is 0. The monoisotopic (exact) mass is 440 g/mol. The van der Waals surface area contributed by atoms with Crippen LogP contribution in [0.5, 0.6) is 0 Å². The maximum absolute atomic E-state index is 13.5. The van der Waals surface area contributed by atoms with Crippen LogP contribution in [0.25, 0.3) is 22.4 Å². The van der Waals surface area contributed by atoms with Crippen LogP contribution in [-0.4, -0.2) is 30.7 Å². The highest BCUT2D eigenvalue weighted by atomic mass is 32.2. The van der Waals surface area contributed by atoms with Crippen LogP contribution in [-0.2, 0) is 0 Å². The lowest BCUT2D eigenvalue weighted by Gasteiger charge is -2.15. The second-order valence-electron chi connectivity index (χ2n) is 7.59. The minimum atomic E-state index is -0.144. The number of aromatic nitrogens is 4. The highest BCUT2D eigenvalue weighted by molar-refractivity contribution is 7.99. The molecule has 0 bridgehead atoms. The van der Waals surface area contributed by atoms with Gasteiger partial charge in [-0.2, -0.15) is 0 Å². The molecule has 158 valence electrons. The lowest BCUT2D eigenvalue weighted by atomic mass is 10.1. The van der Waals surface area contributed by atoms with E-state index in [9.17, 15) is 9.59 Å². The average molecular weight is 441 g/mol. The van der Waals surface area contributed by atoms with Crippen molar-refractivity contribution in [2.24, 2.45) is 0 Å². The van der Waals surface area contributed by atoms with Crippen molar-refractivity contribution in [3.63, 3.8) is 0 Å². The van der Waals surface area contributed by atoms with E-state index >= 15 is 0 Å². The molecule has 0 radical (unpaired) electrons. The summed E-state index contributed by atoms with van der Waals surface area (Å²) in [4.78, 5) is 26.2. The van der Waals surface area contributed by atoms with Crippen molar-refractivity contribution >= 4 is 34.2 Å². The standard InChI is InChI=1S/C25H20N4O2S/c1-16-9-8-10-17(2)22(16)29-23(31)19-13-6-7-14-20(19)28-24(29)26-27-25(28)32-15-21(30)18-11-4-3-5-12-18/h3-14H,15H2,1-2H3. The number of thioether (sulfide) groups is 1. The lowest BCUT2D eigenvalue weighted by molar-refractivity contribution is 0.102. The fourth-order valence-corrected chi connectivity index (χ4v) is 4.80. The number of ketones is 1. The van der Waals surface area contributed by atoms with E-state index in [4.69, 9.17) is 0 Å². The number of hydrogen-bond acceptors (Lipinski definition) is 5. The number of benzene rings is 3. The van der Waals surface area contributed by atoms with Crippen LogP contribution in [0.1, 0.15) is 21.5 Å². The second kappa shape index (κ2) is 8.09. The predicted molar refractivity (Wildman–Crippen MR) is 127 cm³/mol. The van der Waals surface area contributed by atoms with E-state index in [0.717, 1.165) is 22.3 Å². The quantitative estimate of drug-likeness (QED) is 0.295. The van der Waals surface area contributed by atoms with Crippen LogP contribution in [0.3, 0.4) is 0 Å². The summed E-state index contributed by atoms with van der Waals surface area (Å²) in [5.74, 6) is 0.669. The summed E-state index contributed by atoms with van der Waals surface area (Å²) >= 11 is 1.32. The number of aryl methyl sites for hydroxylation is 2. The number of rotatable bonds is 5. The van der Waals surface area contributed by atoms with Gasteiger partial charge in [0, 0.05) is 5.56 Å². The molecule has 0 fully saturated rings. The van der Waals surface area contributed by atoms with Gasteiger partial charge in [-0.15, -0.1) is 10.2 Å². The topological polar surface area (TPSA) is 69.3 Å². The molecule has 5 aromatic rings. The third kappa shape index (κ3) is 3.31. The van der Waals surface area contributed by atoms with Crippen molar-refractivity contribution in [2.75, 3.05) is 5.75 Å². The summed E-state index contributed by atoms with van der Waals surface area (Å²) in [7, 11) is 0. The van der Waals surface area contributed by atoms with Gasteiger partial charge in [-0.25, -0.2) is 4.57 Å². The predicted octanol–water partition coefficient (Wildman–Crippen LogP) is 4.63.